The van der Waals surface area contributed by atoms with E-state index in [-0.39, 0.29) is 30.2 Å². The Morgan fingerprint density at radius 2 is 1.90 bits per heavy atom. The number of unbranched alkanes of at least 4 members (excludes halogenated alkanes) is 2. The molecule has 0 radical (unpaired) electrons. The van der Waals surface area contributed by atoms with Crippen molar-refractivity contribution in [2.45, 2.75) is 85.4 Å². The summed E-state index contributed by atoms with van der Waals surface area (Å²) in [5.41, 5.74) is 7.70. The number of nitrogens with two attached hydrogens (primary N) is 1. The molecule has 0 aliphatic rings. The second-order valence-corrected chi connectivity index (χ2v) is 8.14. The first-order valence-corrected chi connectivity index (χ1v) is 10.9. The zero-order chi connectivity index (χ0) is 21.6. The zero-order valence-electron chi connectivity index (χ0n) is 18.5. The minimum atomic E-state index is -0.502. The van der Waals surface area contributed by atoms with Gasteiger partial charge in [0.1, 0.15) is 5.82 Å². The van der Waals surface area contributed by atoms with Gasteiger partial charge < -0.3 is 15.6 Å². The van der Waals surface area contributed by atoms with Gasteiger partial charge in [-0.05, 0) is 38.3 Å². The molecule has 0 spiro atoms. The number of carbonyl (C=O) groups is 2. The number of nitrogens with one attached hydrogen (secondary N) is 1. The number of hydrogen-bond donors (Lipinski definition) is 2. The minimum Gasteiger partial charge on any atom is -0.341 e. The molecule has 0 saturated heterocycles. The molecule has 29 heavy (non-hydrogen) atoms. The summed E-state index contributed by atoms with van der Waals surface area (Å²) in [5, 5.41) is 0. The van der Waals surface area contributed by atoms with Crippen LogP contribution < -0.4 is 5.73 Å². The molecule has 3 N–H and O–H groups in total. The number of hydrogen-bond acceptors (Lipinski definition) is 4. The second kappa shape index (κ2) is 10.5. The van der Waals surface area contributed by atoms with E-state index in [1.807, 2.05) is 37.8 Å². The van der Waals surface area contributed by atoms with Crippen molar-refractivity contribution in [2.75, 3.05) is 0 Å². The normalized spacial score (nSPS) is 13.6. The van der Waals surface area contributed by atoms with E-state index in [0.717, 1.165) is 31.2 Å². The summed E-state index contributed by atoms with van der Waals surface area (Å²) < 4.78 is 0. The molecule has 0 fully saturated rings. The van der Waals surface area contributed by atoms with Gasteiger partial charge >= 0.3 is 0 Å². The van der Waals surface area contributed by atoms with E-state index in [1.165, 1.54) is 0 Å². The zero-order valence-corrected chi connectivity index (χ0v) is 18.5. The van der Waals surface area contributed by atoms with Crippen molar-refractivity contribution in [1.29, 1.82) is 0 Å². The molecule has 160 valence electrons. The number of fused-ring (bicyclic) bond motifs is 1. The summed E-state index contributed by atoms with van der Waals surface area (Å²) >= 11 is 0. The first-order chi connectivity index (χ1) is 13.8. The first-order valence-electron chi connectivity index (χ1n) is 10.9. The maximum atomic E-state index is 13.8. The van der Waals surface area contributed by atoms with E-state index in [4.69, 9.17) is 5.73 Å². The predicted molar refractivity (Wildman–Crippen MR) is 118 cm³/mol. The van der Waals surface area contributed by atoms with Gasteiger partial charge in [-0.2, -0.15) is 0 Å². The number of amides is 1. The standard InChI is InChI=1S/C23H36N4O2/c1-6-8-9-13-20(28)27(15(3)4)22(16(5)7-2)23(29)17-11-10-12-18-21(17)26-19(14-24)25-18/h10-12,15-16,22H,6-9,13-14,24H2,1-5H3,(H,25,26)/t16-,22-/m0/s1. The third kappa shape index (κ3) is 5.24. The molecule has 6 nitrogen and oxygen atoms in total. The fourth-order valence-corrected chi connectivity index (χ4v) is 3.84. The predicted octanol–water partition coefficient (Wildman–Crippen LogP) is 4.44. The van der Waals surface area contributed by atoms with E-state index in [0.29, 0.717) is 23.3 Å². The number of nitrogens with zero attached hydrogens (tertiary/aromatic N) is 2. The van der Waals surface area contributed by atoms with Crippen LogP contribution in [0.1, 0.15) is 82.9 Å². The fraction of sp³-hybridized carbons (Fsp3) is 0.609. The van der Waals surface area contributed by atoms with Gasteiger partial charge in [-0.15, -0.1) is 0 Å². The molecule has 0 aliphatic carbocycles. The highest BCUT2D eigenvalue weighted by atomic mass is 16.2. The van der Waals surface area contributed by atoms with Crippen LogP contribution in [-0.4, -0.2) is 38.6 Å². The van der Waals surface area contributed by atoms with Gasteiger partial charge in [0.15, 0.2) is 5.78 Å². The lowest BCUT2D eigenvalue weighted by Crippen LogP contribution is -2.52. The Labute approximate surface area is 174 Å². The monoisotopic (exact) mass is 400 g/mol. The van der Waals surface area contributed by atoms with Crippen LogP contribution in [0.5, 0.6) is 0 Å². The van der Waals surface area contributed by atoms with E-state index < -0.39 is 6.04 Å². The molecule has 6 heteroatoms. The van der Waals surface area contributed by atoms with Crippen LogP contribution in [0.15, 0.2) is 18.2 Å². The maximum Gasteiger partial charge on any atom is 0.223 e. The Bertz CT molecular complexity index is 827. The number of imidazole rings is 1. The van der Waals surface area contributed by atoms with E-state index in [9.17, 15) is 9.59 Å². The quantitative estimate of drug-likeness (QED) is 0.431. The summed E-state index contributed by atoms with van der Waals surface area (Å²) in [5.74, 6) is 0.710. The highest BCUT2D eigenvalue weighted by Gasteiger charge is 2.36. The molecule has 2 aromatic rings. The van der Waals surface area contributed by atoms with Crippen LogP contribution >= 0.6 is 0 Å². The summed E-state index contributed by atoms with van der Waals surface area (Å²) in [6.45, 7) is 10.5. The van der Waals surface area contributed by atoms with Crippen molar-refractivity contribution >= 4 is 22.7 Å². The van der Waals surface area contributed by atoms with Crippen LogP contribution in [0.25, 0.3) is 11.0 Å². The number of rotatable bonds is 11. The lowest BCUT2D eigenvalue weighted by Gasteiger charge is -2.37. The Morgan fingerprint density at radius 3 is 2.48 bits per heavy atom. The first kappa shape index (κ1) is 23.1. The lowest BCUT2D eigenvalue weighted by atomic mass is 9.88. The summed E-state index contributed by atoms with van der Waals surface area (Å²) in [6, 6.07) is 5.00. The molecule has 0 aliphatic heterocycles. The Morgan fingerprint density at radius 1 is 1.17 bits per heavy atom. The van der Waals surface area contributed by atoms with E-state index in [1.54, 1.807) is 6.07 Å². The van der Waals surface area contributed by atoms with Gasteiger partial charge in [0.2, 0.25) is 5.91 Å². The number of H-pyrrole nitrogens is 1. The van der Waals surface area contributed by atoms with Crippen LogP contribution in [0.4, 0.5) is 0 Å². The average molecular weight is 401 g/mol. The number of benzene rings is 1. The molecular weight excluding hydrogens is 364 g/mol. The number of ketones is 1. The molecule has 2 rings (SSSR count). The summed E-state index contributed by atoms with van der Waals surface area (Å²) in [4.78, 5) is 36.4. The molecule has 1 heterocycles. The molecule has 0 saturated carbocycles. The second-order valence-electron chi connectivity index (χ2n) is 8.14. The lowest BCUT2D eigenvalue weighted by molar-refractivity contribution is -0.135. The Kier molecular flexibility index (Phi) is 8.38. The number of carbonyl (C=O) groups excluding carboxylic acids is 2. The van der Waals surface area contributed by atoms with Gasteiger partial charge in [-0.3, -0.25) is 9.59 Å². The molecule has 0 bridgehead atoms. The smallest absolute Gasteiger partial charge is 0.223 e. The summed E-state index contributed by atoms with van der Waals surface area (Å²) in [7, 11) is 0. The van der Waals surface area contributed by atoms with Crippen molar-refractivity contribution in [3.05, 3.63) is 29.6 Å². The van der Waals surface area contributed by atoms with Gasteiger partial charge in [0.25, 0.3) is 0 Å². The Hall–Kier alpha value is -2.21. The van der Waals surface area contributed by atoms with Crippen molar-refractivity contribution in [3.63, 3.8) is 0 Å². The molecule has 0 unspecified atom stereocenters. The van der Waals surface area contributed by atoms with Crippen LogP contribution in [0.3, 0.4) is 0 Å². The van der Waals surface area contributed by atoms with E-state index in [2.05, 4.69) is 23.8 Å². The van der Waals surface area contributed by atoms with Crippen LogP contribution in [0.2, 0.25) is 0 Å². The van der Waals surface area contributed by atoms with Crippen molar-refractivity contribution in [3.8, 4) is 0 Å². The highest BCUT2D eigenvalue weighted by molar-refractivity contribution is 6.10. The van der Waals surface area contributed by atoms with Crippen molar-refractivity contribution in [2.24, 2.45) is 11.7 Å². The van der Waals surface area contributed by atoms with Gasteiger partial charge in [0.05, 0.1) is 23.6 Å². The molecule has 1 aromatic heterocycles. The Balaban J connectivity index is 2.46. The molecular formula is C23H36N4O2. The fourth-order valence-electron chi connectivity index (χ4n) is 3.84. The van der Waals surface area contributed by atoms with Crippen molar-refractivity contribution in [1.82, 2.24) is 14.9 Å². The molecule has 1 amide bonds. The molecule has 2 atom stereocenters. The van der Waals surface area contributed by atoms with Gasteiger partial charge in [-0.25, -0.2) is 4.98 Å². The minimum absolute atomic E-state index is 0.0439. The van der Waals surface area contributed by atoms with Crippen LogP contribution in [0, 0.1) is 5.92 Å². The number of para-hydroxylation sites is 1. The molecule has 1 aromatic carbocycles. The van der Waals surface area contributed by atoms with Gasteiger partial charge in [-0.1, -0.05) is 46.1 Å². The summed E-state index contributed by atoms with van der Waals surface area (Å²) in [6.07, 6.45) is 4.23. The third-order valence-electron chi connectivity index (χ3n) is 5.61. The maximum absolute atomic E-state index is 13.8. The topological polar surface area (TPSA) is 92.1 Å². The van der Waals surface area contributed by atoms with E-state index >= 15 is 0 Å². The van der Waals surface area contributed by atoms with Crippen molar-refractivity contribution < 1.29 is 9.59 Å². The number of aromatic amines is 1. The number of aromatic nitrogens is 2. The van der Waals surface area contributed by atoms with Gasteiger partial charge in [0, 0.05) is 18.0 Å². The third-order valence-corrected chi connectivity index (χ3v) is 5.61. The van der Waals surface area contributed by atoms with Crippen LogP contribution in [-0.2, 0) is 11.3 Å². The number of Topliss-reactive ketones (excluding diaryl/α,β-unsaturated/α-hetero) is 1. The highest BCUT2D eigenvalue weighted by Crippen LogP contribution is 2.26. The largest absolute Gasteiger partial charge is 0.341 e. The SMILES string of the molecule is CCCCCC(=O)N(C(C)C)[C@H](C(=O)c1cccc2[nH]c(CN)nc12)[C@@H](C)CC. The average Bonchev–Trinajstić information content (AvgIpc) is 3.14.